The zero-order valence-corrected chi connectivity index (χ0v) is 14.4. The first-order valence-electron chi connectivity index (χ1n) is 6.76. The van der Waals surface area contributed by atoms with Crippen molar-refractivity contribution in [2.24, 2.45) is 0 Å². The number of sulfone groups is 1. The molecule has 2 rings (SSSR count). The molecule has 4 nitrogen and oxygen atoms in total. The molecule has 0 atom stereocenters. The number of rotatable bonds is 6. The third kappa shape index (κ3) is 5.14. The van der Waals surface area contributed by atoms with Crippen LogP contribution in [0.2, 0.25) is 0 Å². The van der Waals surface area contributed by atoms with E-state index in [1.165, 1.54) is 12.1 Å². The Labute approximate surface area is 142 Å². The summed E-state index contributed by atoms with van der Waals surface area (Å²) in [4.78, 5) is 11.7. The number of carbonyl (C=O) groups excluding carboxylic acids is 1. The average molecular weight is 401 g/mol. The Morgan fingerprint density at radius 1 is 1.09 bits per heavy atom. The smallest absolute Gasteiger partial charge is 0.307 e. The first-order valence-corrected chi connectivity index (χ1v) is 9.20. The molecule has 0 radical (unpaired) electrons. The van der Waals surface area contributed by atoms with Crippen LogP contribution >= 0.6 is 15.9 Å². The molecule has 0 fully saturated rings. The Hall–Kier alpha value is -1.73. The Bertz CT molecular complexity index is 788. The van der Waals surface area contributed by atoms with Crippen LogP contribution < -0.4 is 0 Å². The molecule has 0 bridgehead atoms. The van der Waals surface area contributed by atoms with Crippen molar-refractivity contribution < 1.29 is 22.3 Å². The van der Waals surface area contributed by atoms with Crippen LogP contribution in [0.3, 0.4) is 0 Å². The van der Waals surface area contributed by atoms with E-state index in [-0.39, 0.29) is 23.7 Å². The Morgan fingerprint density at radius 3 is 2.39 bits per heavy atom. The minimum atomic E-state index is -3.64. The monoisotopic (exact) mass is 400 g/mol. The minimum Gasteiger partial charge on any atom is -0.461 e. The van der Waals surface area contributed by atoms with Gasteiger partial charge in [0.2, 0.25) is 0 Å². The molecule has 7 heteroatoms. The van der Waals surface area contributed by atoms with Gasteiger partial charge in [0.25, 0.3) is 0 Å². The molecule has 122 valence electrons. The summed E-state index contributed by atoms with van der Waals surface area (Å²) in [7, 11) is -3.64. The van der Waals surface area contributed by atoms with Crippen LogP contribution in [0.25, 0.3) is 0 Å². The van der Waals surface area contributed by atoms with Crippen molar-refractivity contribution in [2.75, 3.05) is 5.75 Å². The SMILES string of the molecule is O=C(CCS(=O)(=O)c1ccc(F)cc1)OCc1ccccc1Br. The summed E-state index contributed by atoms with van der Waals surface area (Å²) in [6.07, 6.45) is -0.260. The molecule has 0 unspecified atom stereocenters. The summed E-state index contributed by atoms with van der Waals surface area (Å²) in [6.45, 7) is 0.0663. The topological polar surface area (TPSA) is 60.4 Å². The normalized spacial score (nSPS) is 11.2. The second kappa shape index (κ2) is 7.70. The van der Waals surface area contributed by atoms with Crippen LogP contribution in [0.1, 0.15) is 12.0 Å². The number of carbonyl (C=O) groups is 1. The Balaban J connectivity index is 1.89. The van der Waals surface area contributed by atoms with Crippen LogP contribution in [0.15, 0.2) is 57.9 Å². The fourth-order valence-electron chi connectivity index (χ4n) is 1.82. The third-order valence-corrected chi connectivity index (χ3v) is 5.60. The number of esters is 1. The van der Waals surface area contributed by atoms with Gasteiger partial charge < -0.3 is 4.74 Å². The van der Waals surface area contributed by atoms with Crippen molar-refractivity contribution in [3.63, 3.8) is 0 Å². The molecule has 0 saturated carbocycles. The van der Waals surface area contributed by atoms with Crippen LogP contribution in [-0.4, -0.2) is 20.1 Å². The lowest BCUT2D eigenvalue weighted by Crippen LogP contribution is -2.13. The van der Waals surface area contributed by atoms with Crippen LogP contribution in [-0.2, 0) is 26.0 Å². The summed E-state index contributed by atoms with van der Waals surface area (Å²) in [5.74, 6) is -1.50. The van der Waals surface area contributed by atoms with Gasteiger partial charge >= 0.3 is 5.97 Å². The third-order valence-electron chi connectivity index (χ3n) is 3.09. The van der Waals surface area contributed by atoms with E-state index < -0.39 is 21.6 Å². The van der Waals surface area contributed by atoms with Gasteiger partial charge in [0.15, 0.2) is 9.84 Å². The highest BCUT2D eigenvalue weighted by Gasteiger charge is 2.17. The molecule has 0 aromatic heterocycles. The Kier molecular flexibility index (Phi) is 5.90. The van der Waals surface area contributed by atoms with E-state index >= 15 is 0 Å². The fourth-order valence-corrected chi connectivity index (χ4v) is 3.44. The van der Waals surface area contributed by atoms with Gasteiger partial charge in [0.05, 0.1) is 17.1 Å². The van der Waals surface area contributed by atoms with Gasteiger partial charge in [-0.1, -0.05) is 34.1 Å². The molecule has 0 heterocycles. The highest BCUT2D eigenvalue weighted by molar-refractivity contribution is 9.10. The summed E-state index contributed by atoms with van der Waals surface area (Å²) in [5.41, 5.74) is 0.794. The molecule has 0 N–H and O–H groups in total. The molecule has 2 aromatic carbocycles. The molecular weight excluding hydrogens is 387 g/mol. The molecule has 0 amide bonds. The van der Waals surface area contributed by atoms with E-state index in [0.717, 1.165) is 22.2 Å². The van der Waals surface area contributed by atoms with Crippen molar-refractivity contribution >= 4 is 31.7 Å². The predicted octanol–water partition coefficient (Wildman–Crippen LogP) is 3.50. The van der Waals surface area contributed by atoms with Gasteiger partial charge in [0.1, 0.15) is 12.4 Å². The van der Waals surface area contributed by atoms with Crippen LogP contribution in [0.5, 0.6) is 0 Å². The highest BCUT2D eigenvalue weighted by Crippen LogP contribution is 2.17. The van der Waals surface area contributed by atoms with E-state index in [9.17, 15) is 17.6 Å². The molecule has 0 aliphatic heterocycles. The van der Waals surface area contributed by atoms with Gasteiger partial charge in [-0.15, -0.1) is 0 Å². The van der Waals surface area contributed by atoms with E-state index in [1.54, 1.807) is 6.07 Å². The predicted molar refractivity (Wildman–Crippen MR) is 87.0 cm³/mol. The summed E-state index contributed by atoms with van der Waals surface area (Å²) < 4.78 is 42.8. The number of ether oxygens (including phenoxy) is 1. The lowest BCUT2D eigenvalue weighted by Gasteiger charge is -2.07. The lowest BCUT2D eigenvalue weighted by molar-refractivity contribution is -0.144. The number of benzene rings is 2. The van der Waals surface area contributed by atoms with Crippen molar-refractivity contribution in [3.8, 4) is 0 Å². The van der Waals surface area contributed by atoms with Crippen LogP contribution in [0, 0.1) is 5.82 Å². The summed E-state index contributed by atoms with van der Waals surface area (Å²) in [6, 6.07) is 11.8. The quantitative estimate of drug-likeness (QED) is 0.549. The average Bonchev–Trinajstić information content (AvgIpc) is 2.53. The van der Waals surface area contributed by atoms with Crippen molar-refractivity contribution in [1.29, 1.82) is 0 Å². The molecule has 2 aromatic rings. The van der Waals surface area contributed by atoms with Gasteiger partial charge in [-0.2, -0.15) is 0 Å². The first-order chi connectivity index (χ1) is 10.9. The second-order valence-corrected chi connectivity index (χ2v) is 7.74. The molecule has 23 heavy (non-hydrogen) atoms. The molecule has 0 spiro atoms. The molecule has 0 aliphatic carbocycles. The van der Waals surface area contributed by atoms with E-state index in [2.05, 4.69) is 15.9 Å². The fraction of sp³-hybridized carbons (Fsp3) is 0.188. The van der Waals surface area contributed by atoms with Crippen molar-refractivity contribution in [2.45, 2.75) is 17.9 Å². The van der Waals surface area contributed by atoms with Crippen LogP contribution in [0.4, 0.5) is 4.39 Å². The largest absolute Gasteiger partial charge is 0.461 e. The second-order valence-electron chi connectivity index (χ2n) is 4.77. The maximum Gasteiger partial charge on any atom is 0.307 e. The van der Waals surface area contributed by atoms with Crippen molar-refractivity contribution in [1.82, 2.24) is 0 Å². The highest BCUT2D eigenvalue weighted by atomic mass is 79.9. The van der Waals surface area contributed by atoms with Gasteiger partial charge in [-0.25, -0.2) is 12.8 Å². The van der Waals surface area contributed by atoms with Gasteiger partial charge in [0, 0.05) is 10.0 Å². The van der Waals surface area contributed by atoms with E-state index in [1.807, 2.05) is 18.2 Å². The first kappa shape index (κ1) is 17.6. The standard InChI is InChI=1S/C16H14BrFO4S/c17-15-4-2-1-3-12(15)11-22-16(19)9-10-23(20,21)14-7-5-13(18)6-8-14/h1-8H,9-11H2. The zero-order chi connectivity index (χ0) is 16.9. The lowest BCUT2D eigenvalue weighted by atomic mass is 10.2. The molecular formula is C16H14BrFO4S. The van der Waals surface area contributed by atoms with Gasteiger partial charge in [-0.3, -0.25) is 4.79 Å². The number of hydrogen-bond donors (Lipinski definition) is 0. The summed E-state index contributed by atoms with van der Waals surface area (Å²) >= 11 is 3.34. The number of hydrogen-bond acceptors (Lipinski definition) is 4. The minimum absolute atomic E-state index is 0.0162. The molecule has 0 saturated heterocycles. The van der Waals surface area contributed by atoms with Gasteiger partial charge in [-0.05, 0) is 30.3 Å². The maximum atomic E-state index is 12.8. The summed E-state index contributed by atoms with van der Waals surface area (Å²) in [5, 5.41) is 0. The van der Waals surface area contributed by atoms with E-state index in [4.69, 9.17) is 4.74 Å². The maximum absolute atomic E-state index is 12.8. The Morgan fingerprint density at radius 2 is 1.74 bits per heavy atom. The van der Waals surface area contributed by atoms with E-state index in [0.29, 0.717) is 0 Å². The van der Waals surface area contributed by atoms with Crippen molar-refractivity contribution in [3.05, 3.63) is 64.4 Å². The zero-order valence-electron chi connectivity index (χ0n) is 12.0. The number of halogens is 2. The molecule has 0 aliphatic rings.